The van der Waals surface area contributed by atoms with Gasteiger partial charge in [0.2, 0.25) is 0 Å². The molecule has 0 aliphatic heterocycles. The van der Waals surface area contributed by atoms with Crippen LogP contribution in [-0.4, -0.2) is 6.61 Å². The van der Waals surface area contributed by atoms with Crippen LogP contribution in [0.4, 0.5) is 0 Å². The molecule has 0 heterocycles. The Kier molecular flexibility index (Phi) is 3.77. The van der Waals surface area contributed by atoms with Crippen LogP contribution < -0.4 is 10.5 Å². The van der Waals surface area contributed by atoms with Gasteiger partial charge in [-0.25, -0.2) is 0 Å². The van der Waals surface area contributed by atoms with E-state index in [1.165, 1.54) is 0 Å². The van der Waals surface area contributed by atoms with Gasteiger partial charge in [0.25, 0.3) is 0 Å². The third-order valence-electron chi connectivity index (χ3n) is 1.74. The van der Waals surface area contributed by atoms with Crippen molar-refractivity contribution < 1.29 is 4.74 Å². The summed E-state index contributed by atoms with van der Waals surface area (Å²) in [6.07, 6.45) is 0. The molecule has 2 N–H and O–H groups in total. The highest BCUT2D eigenvalue weighted by Gasteiger charge is 1.96. The van der Waals surface area contributed by atoms with Crippen LogP contribution >= 0.6 is 0 Å². The standard InChI is InChI=1S/C11H17NO/c1-9(2)8-13-11-5-3-10(7-12)4-6-11/h3-6,9H,7-8,12H2,1-2H3. The minimum Gasteiger partial charge on any atom is -0.493 e. The number of benzene rings is 1. The molecule has 1 rings (SSSR count). The van der Waals surface area contributed by atoms with Crippen LogP contribution in [0.25, 0.3) is 0 Å². The van der Waals surface area contributed by atoms with Crippen molar-refractivity contribution in [1.29, 1.82) is 0 Å². The van der Waals surface area contributed by atoms with Crippen molar-refractivity contribution >= 4 is 0 Å². The first kappa shape index (κ1) is 10.1. The Balaban J connectivity index is 2.49. The average molecular weight is 179 g/mol. The van der Waals surface area contributed by atoms with E-state index in [1.54, 1.807) is 0 Å². The predicted molar refractivity (Wildman–Crippen MR) is 54.7 cm³/mol. The van der Waals surface area contributed by atoms with Gasteiger partial charge in [-0.2, -0.15) is 0 Å². The zero-order valence-electron chi connectivity index (χ0n) is 8.29. The van der Waals surface area contributed by atoms with Gasteiger partial charge in [0.05, 0.1) is 6.61 Å². The van der Waals surface area contributed by atoms with E-state index in [-0.39, 0.29) is 0 Å². The van der Waals surface area contributed by atoms with Crippen molar-refractivity contribution in [3.63, 3.8) is 0 Å². The van der Waals surface area contributed by atoms with Gasteiger partial charge in [-0.3, -0.25) is 0 Å². The first-order valence-electron chi connectivity index (χ1n) is 4.64. The van der Waals surface area contributed by atoms with Crippen molar-refractivity contribution in [3.05, 3.63) is 29.8 Å². The lowest BCUT2D eigenvalue weighted by atomic mass is 10.2. The number of hydrogen-bond acceptors (Lipinski definition) is 2. The zero-order valence-corrected chi connectivity index (χ0v) is 8.29. The van der Waals surface area contributed by atoms with E-state index in [2.05, 4.69) is 13.8 Å². The summed E-state index contributed by atoms with van der Waals surface area (Å²) in [6.45, 7) is 5.62. The summed E-state index contributed by atoms with van der Waals surface area (Å²) in [5, 5.41) is 0. The molecule has 0 spiro atoms. The highest BCUT2D eigenvalue weighted by atomic mass is 16.5. The van der Waals surface area contributed by atoms with Crippen LogP contribution in [0, 0.1) is 5.92 Å². The van der Waals surface area contributed by atoms with E-state index >= 15 is 0 Å². The molecule has 0 saturated heterocycles. The molecule has 0 fully saturated rings. The molecule has 13 heavy (non-hydrogen) atoms. The molecule has 2 heteroatoms. The van der Waals surface area contributed by atoms with Crippen LogP contribution in [0.2, 0.25) is 0 Å². The van der Waals surface area contributed by atoms with Gasteiger partial charge in [0, 0.05) is 6.54 Å². The summed E-state index contributed by atoms with van der Waals surface area (Å²) in [7, 11) is 0. The molecule has 0 bridgehead atoms. The van der Waals surface area contributed by atoms with Crippen molar-refractivity contribution in [3.8, 4) is 5.75 Å². The fourth-order valence-corrected chi connectivity index (χ4v) is 0.985. The molecule has 72 valence electrons. The Morgan fingerprint density at radius 1 is 1.23 bits per heavy atom. The maximum Gasteiger partial charge on any atom is 0.119 e. The lowest BCUT2D eigenvalue weighted by molar-refractivity contribution is 0.271. The quantitative estimate of drug-likeness (QED) is 0.769. The van der Waals surface area contributed by atoms with Crippen molar-refractivity contribution in [2.75, 3.05) is 6.61 Å². The van der Waals surface area contributed by atoms with E-state index in [4.69, 9.17) is 10.5 Å². The number of hydrogen-bond donors (Lipinski definition) is 1. The predicted octanol–water partition coefficient (Wildman–Crippen LogP) is 2.18. The maximum absolute atomic E-state index is 5.53. The zero-order chi connectivity index (χ0) is 9.68. The number of rotatable bonds is 4. The molecule has 0 aliphatic carbocycles. The van der Waals surface area contributed by atoms with E-state index in [9.17, 15) is 0 Å². The van der Waals surface area contributed by atoms with Crippen LogP contribution in [0.15, 0.2) is 24.3 Å². The van der Waals surface area contributed by atoms with Gasteiger partial charge in [-0.15, -0.1) is 0 Å². The van der Waals surface area contributed by atoms with Crippen molar-refractivity contribution in [2.45, 2.75) is 20.4 Å². The maximum atomic E-state index is 5.53. The second-order valence-electron chi connectivity index (χ2n) is 3.55. The van der Waals surface area contributed by atoms with Gasteiger partial charge in [-0.1, -0.05) is 26.0 Å². The minimum atomic E-state index is 0.564. The van der Waals surface area contributed by atoms with E-state index < -0.39 is 0 Å². The van der Waals surface area contributed by atoms with Crippen molar-refractivity contribution in [1.82, 2.24) is 0 Å². The average Bonchev–Trinajstić information content (AvgIpc) is 2.15. The SMILES string of the molecule is CC(C)COc1ccc(CN)cc1. The largest absolute Gasteiger partial charge is 0.493 e. The van der Waals surface area contributed by atoms with Gasteiger partial charge >= 0.3 is 0 Å². The van der Waals surface area contributed by atoms with Crippen LogP contribution in [-0.2, 0) is 6.54 Å². The Bertz CT molecular complexity index is 241. The van der Waals surface area contributed by atoms with Gasteiger partial charge < -0.3 is 10.5 Å². The second-order valence-corrected chi connectivity index (χ2v) is 3.55. The molecule has 0 amide bonds. The number of nitrogens with two attached hydrogens (primary N) is 1. The Labute approximate surface area is 79.7 Å². The Morgan fingerprint density at radius 3 is 2.31 bits per heavy atom. The highest BCUT2D eigenvalue weighted by Crippen LogP contribution is 2.12. The Morgan fingerprint density at radius 2 is 1.85 bits per heavy atom. The van der Waals surface area contributed by atoms with Gasteiger partial charge in [0.15, 0.2) is 0 Å². The van der Waals surface area contributed by atoms with E-state index in [0.29, 0.717) is 12.5 Å². The lowest BCUT2D eigenvalue weighted by Gasteiger charge is -2.08. The molecule has 0 saturated carbocycles. The van der Waals surface area contributed by atoms with Crippen molar-refractivity contribution in [2.24, 2.45) is 11.7 Å². The summed E-state index contributed by atoms with van der Waals surface area (Å²) in [6, 6.07) is 7.92. The summed E-state index contributed by atoms with van der Waals surface area (Å²) in [5.74, 6) is 1.49. The first-order chi connectivity index (χ1) is 6.22. The molecule has 0 aromatic heterocycles. The summed E-state index contributed by atoms with van der Waals surface area (Å²) < 4.78 is 5.53. The molecule has 0 radical (unpaired) electrons. The van der Waals surface area contributed by atoms with E-state index in [1.807, 2.05) is 24.3 Å². The smallest absolute Gasteiger partial charge is 0.119 e. The molecule has 0 unspecified atom stereocenters. The van der Waals surface area contributed by atoms with Gasteiger partial charge in [-0.05, 0) is 23.6 Å². The molecular weight excluding hydrogens is 162 g/mol. The third kappa shape index (κ3) is 3.47. The molecule has 1 aromatic carbocycles. The Hall–Kier alpha value is -1.02. The number of ether oxygens (including phenoxy) is 1. The third-order valence-corrected chi connectivity index (χ3v) is 1.74. The summed E-state index contributed by atoms with van der Waals surface area (Å²) in [5.41, 5.74) is 6.62. The second kappa shape index (κ2) is 4.87. The molecule has 2 nitrogen and oxygen atoms in total. The molecule has 0 aliphatic rings. The lowest BCUT2D eigenvalue weighted by Crippen LogP contribution is -2.04. The summed E-state index contributed by atoms with van der Waals surface area (Å²) >= 11 is 0. The minimum absolute atomic E-state index is 0.564. The van der Waals surface area contributed by atoms with E-state index in [0.717, 1.165) is 17.9 Å². The summed E-state index contributed by atoms with van der Waals surface area (Å²) in [4.78, 5) is 0. The molecular formula is C11H17NO. The topological polar surface area (TPSA) is 35.2 Å². The normalized spacial score (nSPS) is 10.5. The first-order valence-corrected chi connectivity index (χ1v) is 4.64. The highest BCUT2D eigenvalue weighted by molar-refractivity contribution is 5.26. The molecule has 0 atom stereocenters. The molecule has 1 aromatic rings. The van der Waals surface area contributed by atoms with Crippen LogP contribution in [0.1, 0.15) is 19.4 Å². The van der Waals surface area contributed by atoms with Crippen LogP contribution in [0.5, 0.6) is 5.75 Å². The fraction of sp³-hybridized carbons (Fsp3) is 0.455. The van der Waals surface area contributed by atoms with Gasteiger partial charge in [0.1, 0.15) is 5.75 Å². The van der Waals surface area contributed by atoms with Crippen LogP contribution in [0.3, 0.4) is 0 Å². The fourth-order valence-electron chi connectivity index (χ4n) is 0.985. The monoisotopic (exact) mass is 179 g/mol.